The highest BCUT2D eigenvalue weighted by Gasteiger charge is 2.08. The molecule has 2 aromatic rings. The van der Waals surface area contributed by atoms with Crippen molar-refractivity contribution in [2.45, 2.75) is 13.8 Å². The number of nitrogens with zero attached hydrogens (tertiary/aromatic N) is 3. The second kappa shape index (κ2) is 7.69. The zero-order valence-corrected chi connectivity index (χ0v) is 14.1. The van der Waals surface area contributed by atoms with Crippen LogP contribution in [0.15, 0.2) is 30.3 Å². The Hall–Kier alpha value is -2.47. The summed E-state index contributed by atoms with van der Waals surface area (Å²) in [5.74, 6) is 0.402. The van der Waals surface area contributed by atoms with Crippen LogP contribution in [0.3, 0.4) is 0 Å². The lowest BCUT2D eigenvalue weighted by Gasteiger charge is -2.11. The summed E-state index contributed by atoms with van der Waals surface area (Å²) in [5, 5.41) is 14.1. The number of anilines is 2. The standard InChI is InChI=1S/C17H23N5O/c1-12-5-6-14(13(2)11-12)19-16-8-7-15(20-21-16)17(23)18-9-10-22(3)4/h5-8,11H,9-10H2,1-4H3,(H,18,23)(H,19,21). The lowest BCUT2D eigenvalue weighted by atomic mass is 10.1. The number of aryl methyl sites for hydroxylation is 2. The van der Waals surface area contributed by atoms with E-state index in [0.717, 1.165) is 17.8 Å². The van der Waals surface area contributed by atoms with Crippen LogP contribution in [0.2, 0.25) is 0 Å². The summed E-state index contributed by atoms with van der Waals surface area (Å²) in [6.45, 7) is 5.46. The van der Waals surface area contributed by atoms with Gasteiger partial charge in [-0.05, 0) is 51.7 Å². The third-order valence-corrected chi connectivity index (χ3v) is 3.39. The highest BCUT2D eigenvalue weighted by Crippen LogP contribution is 2.19. The minimum absolute atomic E-state index is 0.211. The van der Waals surface area contributed by atoms with Crippen molar-refractivity contribution in [1.29, 1.82) is 0 Å². The smallest absolute Gasteiger partial charge is 0.271 e. The van der Waals surface area contributed by atoms with E-state index in [2.05, 4.69) is 33.8 Å². The number of hydrogen-bond donors (Lipinski definition) is 2. The fraction of sp³-hybridized carbons (Fsp3) is 0.353. The van der Waals surface area contributed by atoms with Crippen molar-refractivity contribution in [1.82, 2.24) is 20.4 Å². The zero-order chi connectivity index (χ0) is 16.8. The van der Waals surface area contributed by atoms with Gasteiger partial charge >= 0.3 is 0 Å². The van der Waals surface area contributed by atoms with Crippen LogP contribution in [0.25, 0.3) is 0 Å². The van der Waals surface area contributed by atoms with Gasteiger partial charge in [-0.1, -0.05) is 17.7 Å². The van der Waals surface area contributed by atoms with Crippen molar-refractivity contribution in [3.05, 3.63) is 47.2 Å². The number of carbonyl (C=O) groups excluding carboxylic acids is 1. The van der Waals surface area contributed by atoms with Crippen LogP contribution in [0.5, 0.6) is 0 Å². The number of aromatic nitrogens is 2. The topological polar surface area (TPSA) is 70.2 Å². The molecule has 6 heteroatoms. The number of amides is 1. The fourth-order valence-corrected chi connectivity index (χ4v) is 2.10. The minimum Gasteiger partial charge on any atom is -0.349 e. The Morgan fingerprint density at radius 2 is 1.91 bits per heavy atom. The predicted molar refractivity (Wildman–Crippen MR) is 92.1 cm³/mol. The third-order valence-electron chi connectivity index (χ3n) is 3.39. The van der Waals surface area contributed by atoms with Crippen LogP contribution in [-0.4, -0.2) is 48.2 Å². The van der Waals surface area contributed by atoms with E-state index in [1.54, 1.807) is 12.1 Å². The summed E-state index contributed by atoms with van der Waals surface area (Å²) in [7, 11) is 3.92. The Balaban J connectivity index is 1.97. The molecule has 1 aromatic heterocycles. The fourth-order valence-electron chi connectivity index (χ4n) is 2.10. The highest BCUT2D eigenvalue weighted by atomic mass is 16.1. The van der Waals surface area contributed by atoms with Crippen LogP contribution in [0, 0.1) is 13.8 Å². The van der Waals surface area contributed by atoms with Crippen LogP contribution < -0.4 is 10.6 Å². The zero-order valence-electron chi connectivity index (χ0n) is 14.1. The summed E-state index contributed by atoms with van der Waals surface area (Å²) in [6.07, 6.45) is 0. The molecule has 0 fully saturated rings. The first-order valence-electron chi connectivity index (χ1n) is 7.56. The highest BCUT2D eigenvalue weighted by molar-refractivity contribution is 5.92. The van der Waals surface area contributed by atoms with Gasteiger partial charge < -0.3 is 15.5 Å². The van der Waals surface area contributed by atoms with Gasteiger partial charge in [-0.15, -0.1) is 10.2 Å². The third kappa shape index (κ3) is 5.03. The lowest BCUT2D eigenvalue weighted by molar-refractivity contribution is 0.0945. The summed E-state index contributed by atoms with van der Waals surface area (Å²) in [6, 6.07) is 9.57. The number of carbonyl (C=O) groups is 1. The minimum atomic E-state index is -0.211. The Morgan fingerprint density at radius 3 is 2.52 bits per heavy atom. The van der Waals surface area contributed by atoms with Gasteiger partial charge in [-0.2, -0.15) is 0 Å². The van der Waals surface area contributed by atoms with Crippen LogP contribution in [-0.2, 0) is 0 Å². The molecule has 0 saturated heterocycles. The monoisotopic (exact) mass is 313 g/mol. The Labute approximate surface area is 136 Å². The quantitative estimate of drug-likeness (QED) is 0.855. The van der Waals surface area contributed by atoms with E-state index < -0.39 is 0 Å². The van der Waals surface area contributed by atoms with E-state index in [-0.39, 0.29) is 5.91 Å². The maximum Gasteiger partial charge on any atom is 0.271 e. The van der Waals surface area contributed by atoms with Gasteiger partial charge in [0.1, 0.15) is 0 Å². The first-order chi connectivity index (χ1) is 11.0. The molecule has 122 valence electrons. The predicted octanol–water partition coefficient (Wildman–Crippen LogP) is 2.13. The van der Waals surface area contributed by atoms with Crippen molar-refractivity contribution in [3.8, 4) is 0 Å². The molecule has 6 nitrogen and oxygen atoms in total. The molecule has 0 aliphatic rings. The Bertz CT molecular complexity index is 667. The number of benzene rings is 1. The molecular formula is C17H23N5O. The van der Waals surface area contributed by atoms with Crippen molar-refractivity contribution >= 4 is 17.4 Å². The summed E-state index contributed by atoms with van der Waals surface area (Å²) >= 11 is 0. The largest absolute Gasteiger partial charge is 0.349 e. The van der Waals surface area contributed by atoms with E-state index >= 15 is 0 Å². The van der Waals surface area contributed by atoms with Crippen molar-refractivity contribution < 1.29 is 4.79 Å². The second-order valence-electron chi connectivity index (χ2n) is 5.81. The molecule has 0 bridgehead atoms. The van der Waals surface area contributed by atoms with E-state index in [9.17, 15) is 4.79 Å². The molecule has 0 spiro atoms. The number of hydrogen-bond acceptors (Lipinski definition) is 5. The van der Waals surface area contributed by atoms with Crippen molar-refractivity contribution in [2.75, 3.05) is 32.5 Å². The summed E-state index contributed by atoms with van der Waals surface area (Å²) in [5.41, 5.74) is 3.64. The summed E-state index contributed by atoms with van der Waals surface area (Å²) in [4.78, 5) is 13.9. The van der Waals surface area contributed by atoms with Gasteiger partial charge in [0.25, 0.3) is 5.91 Å². The average molecular weight is 313 g/mol. The van der Waals surface area contributed by atoms with E-state index in [0.29, 0.717) is 18.1 Å². The van der Waals surface area contributed by atoms with Gasteiger partial charge in [0.15, 0.2) is 11.5 Å². The van der Waals surface area contributed by atoms with E-state index in [1.165, 1.54) is 5.56 Å². The van der Waals surface area contributed by atoms with Gasteiger partial charge in [-0.25, -0.2) is 0 Å². The van der Waals surface area contributed by atoms with Gasteiger partial charge in [-0.3, -0.25) is 4.79 Å². The van der Waals surface area contributed by atoms with Crippen LogP contribution in [0.4, 0.5) is 11.5 Å². The molecular weight excluding hydrogens is 290 g/mol. The Kier molecular flexibility index (Phi) is 5.65. The average Bonchev–Trinajstić information content (AvgIpc) is 2.50. The first kappa shape index (κ1) is 16.9. The molecule has 1 amide bonds. The molecule has 1 aromatic carbocycles. The molecule has 0 radical (unpaired) electrons. The molecule has 2 N–H and O–H groups in total. The molecule has 1 heterocycles. The number of rotatable bonds is 6. The lowest BCUT2D eigenvalue weighted by Crippen LogP contribution is -2.31. The molecule has 23 heavy (non-hydrogen) atoms. The summed E-state index contributed by atoms with van der Waals surface area (Å²) < 4.78 is 0. The normalized spacial score (nSPS) is 10.7. The van der Waals surface area contributed by atoms with Crippen LogP contribution >= 0.6 is 0 Å². The second-order valence-corrected chi connectivity index (χ2v) is 5.81. The Morgan fingerprint density at radius 1 is 1.13 bits per heavy atom. The SMILES string of the molecule is Cc1ccc(Nc2ccc(C(=O)NCCN(C)C)nn2)c(C)c1. The first-order valence-corrected chi connectivity index (χ1v) is 7.56. The van der Waals surface area contributed by atoms with Crippen molar-refractivity contribution in [2.24, 2.45) is 0 Å². The maximum absolute atomic E-state index is 11.9. The van der Waals surface area contributed by atoms with Crippen LogP contribution in [0.1, 0.15) is 21.6 Å². The van der Waals surface area contributed by atoms with Gasteiger partial charge in [0.05, 0.1) is 0 Å². The molecule has 0 saturated carbocycles. The number of nitrogens with one attached hydrogen (secondary N) is 2. The van der Waals surface area contributed by atoms with Gasteiger partial charge in [0.2, 0.25) is 0 Å². The number of likely N-dealkylation sites (N-methyl/N-ethyl adjacent to an activating group) is 1. The molecule has 0 aliphatic heterocycles. The maximum atomic E-state index is 11.9. The van der Waals surface area contributed by atoms with Gasteiger partial charge in [0, 0.05) is 18.8 Å². The van der Waals surface area contributed by atoms with E-state index in [1.807, 2.05) is 38.1 Å². The molecule has 0 atom stereocenters. The van der Waals surface area contributed by atoms with Crippen molar-refractivity contribution in [3.63, 3.8) is 0 Å². The van der Waals surface area contributed by atoms with E-state index in [4.69, 9.17) is 0 Å². The molecule has 0 aliphatic carbocycles. The molecule has 0 unspecified atom stereocenters. The molecule has 2 rings (SSSR count).